The number of benzene rings is 2. The van der Waals surface area contributed by atoms with Crippen LogP contribution in [0, 0.1) is 5.82 Å². The Labute approximate surface area is 156 Å². The molecule has 0 fully saturated rings. The number of nitrogens with two attached hydrogens (primary N) is 1. The molecule has 2 aromatic carbocycles. The minimum Gasteiger partial charge on any atom is -0.478 e. The van der Waals surface area contributed by atoms with Crippen LogP contribution in [0.1, 0.15) is 20.7 Å². The Bertz CT molecular complexity index is 1140. The van der Waals surface area contributed by atoms with E-state index >= 15 is 0 Å². The van der Waals surface area contributed by atoms with Crippen LogP contribution >= 0.6 is 0 Å². The van der Waals surface area contributed by atoms with Crippen molar-refractivity contribution >= 4 is 17.8 Å². The number of carbonyl (C=O) groups is 2. The van der Waals surface area contributed by atoms with E-state index in [-0.39, 0.29) is 11.3 Å². The summed E-state index contributed by atoms with van der Waals surface area (Å²) >= 11 is 0. The standard InChI is InChI=1S/C19H13FN2O6/c20-11-7-6-9(8-12(11)28-10-4-2-1-3-5-10)13-14(18(24)25)16(21)22-17(23)15(13)19(26)27/h1-8H,(H,24,25)(H,26,27)(H3,21,22,23). The first-order chi connectivity index (χ1) is 13.3. The summed E-state index contributed by atoms with van der Waals surface area (Å²) in [5, 5.41) is 18.9. The second-order valence-corrected chi connectivity index (χ2v) is 5.66. The Morgan fingerprint density at radius 3 is 2.25 bits per heavy atom. The number of nitrogen functional groups attached to an aromatic ring is 1. The fourth-order valence-corrected chi connectivity index (χ4v) is 2.69. The van der Waals surface area contributed by atoms with Gasteiger partial charge in [0.25, 0.3) is 5.56 Å². The maximum Gasteiger partial charge on any atom is 0.342 e. The van der Waals surface area contributed by atoms with Crippen molar-refractivity contribution < 1.29 is 28.9 Å². The van der Waals surface area contributed by atoms with E-state index in [2.05, 4.69) is 0 Å². The molecule has 0 unspecified atom stereocenters. The normalized spacial score (nSPS) is 10.5. The van der Waals surface area contributed by atoms with E-state index in [0.29, 0.717) is 5.75 Å². The molecule has 0 saturated carbocycles. The number of hydrogen-bond donors (Lipinski definition) is 4. The molecule has 0 radical (unpaired) electrons. The van der Waals surface area contributed by atoms with E-state index < -0.39 is 45.8 Å². The van der Waals surface area contributed by atoms with Crippen molar-refractivity contribution in [2.75, 3.05) is 5.73 Å². The number of H-pyrrole nitrogens is 1. The molecule has 1 aromatic heterocycles. The first-order valence-electron chi connectivity index (χ1n) is 7.84. The number of carboxylic acids is 2. The number of rotatable bonds is 5. The van der Waals surface area contributed by atoms with Crippen molar-refractivity contribution in [1.29, 1.82) is 0 Å². The molecule has 3 rings (SSSR count). The van der Waals surface area contributed by atoms with Crippen LogP contribution in [0.5, 0.6) is 11.5 Å². The van der Waals surface area contributed by atoms with Crippen LogP contribution in [0.25, 0.3) is 11.1 Å². The highest BCUT2D eigenvalue weighted by atomic mass is 19.1. The van der Waals surface area contributed by atoms with Gasteiger partial charge >= 0.3 is 11.9 Å². The molecular weight excluding hydrogens is 371 g/mol. The van der Waals surface area contributed by atoms with E-state index in [1.54, 1.807) is 30.3 Å². The van der Waals surface area contributed by atoms with Crippen molar-refractivity contribution in [1.82, 2.24) is 4.98 Å². The lowest BCUT2D eigenvalue weighted by atomic mass is 9.95. The molecule has 0 amide bonds. The Kier molecular flexibility index (Phi) is 4.82. The van der Waals surface area contributed by atoms with Crippen LogP contribution < -0.4 is 16.0 Å². The topological polar surface area (TPSA) is 143 Å². The number of aromatic nitrogens is 1. The van der Waals surface area contributed by atoms with E-state index in [1.807, 2.05) is 4.98 Å². The van der Waals surface area contributed by atoms with Crippen molar-refractivity contribution in [2.45, 2.75) is 0 Å². The van der Waals surface area contributed by atoms with Gasteiger partial charge in [0.1, 0.15) is 22.7 Å². The van der Waals surface area contributed by atoms with Crippen molar-refractivity contribution in [2.24, 2.45) is 0 Å². The number of halogens is 1. The lowest BCUT2D eigenvalue weighted by Crippen LogP contribution is -2.24. The summed E-state index contributed by atoms with van der Waals surface area (Å²) in [4.78, 5) is 37.3. The van der Waals surface area contributed by atoms with Gasteiger partial charge in [-0.05, 0) is 29.8 Å². The third-order valence-corrected chi connectivity index (χ3v) is 3.86. The summed E-state index contributed by atoms with van der Waals surface area (Å²) in [7, 11) is 0. The van der Waals surface area contributed by atoms with Crippen LogP contribution in [0.2, 0.25) is 0 Å². The zero-order valence-corrected chi connectivity index (χ0v) is 14.1. The van der Waals surface area contributed by atoms with Gasteiger partial charge in [0.2, 0.25) is 0 Å². The smallest absolute Gasteiger partial charge is 0.342 e. The van der Waals surface area contributed by atoms with Crippen LogP contribution in [0.3, 0.4) is 0 Å². The summed E-state index contributed by atoms with van der Waals surface area (Å²) in [6.45, 7) is 0. The molecule has 5 N–H and O–H groups in total. The molecule has 0 bridgehead atoms. The maximum absolute atomic E-state index is 14.2. The summed E-state index contributed by atoms with van der Waals surface area (Å²) in [6, 6.07) is 11.4. The van der Waals surface area contributed by atoms with Gasteiger partial charge in [0.15, 0.2) is 11.6 Å². The van der Waals surface area contributed by atoms with Gasteiger partial charge in [-0.3, -0.25) is 4.79 Å². The number of nitrogens with one attached hydrogen (secondary N) is 1. The van der Waals surface area contributed by atoms with Gasteiger partial charge in [-0.2, -0.15) is 0 Å². The van der Waals surface area contributed by atoms with E-state index in [1.165, 1.54) is 0 Å². The SMILES string of the molecule is Nc1[nH]c(=O)c(C(=O)O)c(-c2ccc(F)c(Oc3ccccc3)c2)c1C(=O)O. The molecule has 0 aliphatic carbocycles. The van der Waals surface area contributed by atoms with Crippen LogP contribution in [-0.2, 0) is 0 Å². The molecule has 0 saturated heterocycles. The number of hydrogen-bond acceptors (Lipinski definition) is 5. The Morgan fingerprint density at radius 1 is 1.00 bits per heavy atom. The Morgan fingerprint density at radius 2 is 1.64 bits per heavy atom. The zero-order valence-electron chi connectivity index (χ0n) is 14.1. The monoisotopic (exact) mass is 384 g/mol. The first-order valence-corrected chi connectivity index (χ1v) is 7.84. The summed E-state index contributed by atoms with van der Waals surface area (Å²) in [5.74, 6) is -4.47. The molecule has 3 aromatic rings. The van der Waals surface area contributed by atoms with Gasteiger partial charge in [-0.25, -0.2) is 14.0 Å². The largest absolute Gasteiger partial charge is 0.478 e. The highest BCUT2D eigenvalue weighted by Crippen LogP contribution is 2.34. The van der Waals surface area contributed by atoms with Gasteiger partial charge < -0.3 is 25.7 Å². The third-order valence-electron chi connectivity index (χ3n) is 3.86. The lowest BCUT2D eigenvalue weighted by molar-refractivity contribution is 0.0695. The van der Waals surface area contributed by atoms with Crippen molar-refractivity contribution in [3.63, 3.8) is 0 Å². The average molecular weight is 384 g/mol. The van der Waals surface area contributed by atoms with E-state index in [0.717, 1.165) is 18.2 Å². The van der Waals surface area contributed by atoms with Gasteiger partial charge in [-0.15, -0.1) is 0 Å². The first kappa shape index (κ1) is 18.6. The summed E-state index contributed by atoms with van der Waals surface area (Å²) < 4.78 is 19.6. The van der Waals surface area contributed by atoms with Gasteiger partial charge in [0.05, 0.1) is 0 Å². The molecule has 142 valence electrons. The molecule has 8 nitrogen and oxygen atoms in total. The number of para-hydroxylation sites is 1. The molecule has 28 heavy (non-hydrogen) atoms. The summed E-state index contributed by atoms with van der Waals surface area (Å²) in [5.41, 5.74) is 2.56. The number of aromatic amines is 1. The zero-order chi connectivity index (χ0) is 20.4. The molecule has 0 aliphatic heterocycles. The molecule has 0 aliphatic rings. The molecule has 9 heteroatoms. The van der Waals surface area contributed by atoms with Crippen LogP contribution in [0.15, 0.2) is 53.3 Å². The number of pyridine rings is 1. The van der Waals surface area contributed by atoms with Crippen LogP contribution in [-0.4, -0.2) is 27.1 Å². The van der Waals surface area contributed by atoms with E-state index in [4.69, 9.17) is 10.5 Å². The predicted molar refractivity (Wildman–Crippen MR) is 97.3 cm³/mol. The van der Waals surface area contributed by atoms with Crippen LogP contribution in [0.4, 0.5) is 10.2 Å². The maximum atomic E-state index is 14.2. The van der Waals surface area contributed by atoms with Crippen molar-refractivity contribution in [3.05, 3.63) is 75.8 Å². The molecule has 1 heterocycles. The minimum atomic E-state index is -1.66. The molecule has 0 atom stereocenters. The quantitative estimate of drug-likeness (QED) is 0.529. The van der Waals surface area contributed by atoms with Gasteiger partial charge in [0, 0.05) is 5.56 Å². The van der Waals surface area contributed by atoms with Crippen molar-refractivity contribution in [3.8, 4) is 22.6 Å². The minimum absolute atomic E-state index is 0.0556. The molecular formula is C19H13FN2O6. The number of aromatic carboxylic acids is 2. The average Bonchev–Trinajstić information content (AvgIpc) is 2.63. The number of anilines is 1. The highest BCUT2D eigenvalue weighted by molar-refractivity contribution is 6.07. The fraction of sp³-hybridized carbons (Fsp3) is 0. The number of carboxylic acid groups (broad SMARTS) is 2. The Hall–Kier alpha value is -4.14. The molecule has 0 spiro atoms. The predicted octanol–water partition coefficient (Wildman–Crippen LogP) is 2.95. The highest BCUT2D eigenvalue weighted by Gasteiger charge is 2.27. The second kappa shape index (κ2) is 7.23. The van der Waals surface area contributed by atoms with Gasteiger partial charge in [-0.1, -0.05) is 24.3 Å². The summed E-state index contributed by atoms with van der Waals surface area (Å²) in [6.07, 6.45) is 0. The lowest BCUT2D eigenvalue weighted by Gasteiger charge is -2.14. The Balaban J connectivity index is 2.27. The van der Waals surface area contributed by atoms with E-state index in [9.17, 15) is 29.0 Å². The second-order valence-electron chi connectivity index (χ2n) is 5.66. The third kappa shape index (κ3) is 3.40. The number of ether oxygens (including phenoxy) is 1. The fourth-order valence-electron chi connectivity index (χ4n) is 2.69.